The van der Waals surface area contributed by atoms with Gasteiger partial charge < -0.3 is 9.15 Å². The van der Waals surface area contributed by atoms with Crippen LogP contribution in [0.15, 0.2) is 102 Å². The largest absolute Gasteiger partial charge is 0.463 e. The SMILES string of the molecule is CCOC(=O)C1=C(C)N=c2sc(=Cc3ccc(Sc4ccccc4)o3)c(=O)n2C1c1ccc(C(C)C)cc1. The molecule has 3 heterocycles. The Morgan fingerprint density at radius 2 is 1.87 bits per heavy atom. The Hall–Kier alpha value is -3.62. The number of carbonyl (C=O) groups excluding carboxylic acids is 1. The molecular formula is C30H28N2O4S2. The molecule has 0 saturated heterocycles. The van der Waals surface area contributed by atoms with E-state index in [0.717, 1.165) is 15.6 Å². The average Bonchev–Trinajstić information content (AvgIpc) is 3.47. The average molecular weight is 545 g/mol. The Bertz CT molecular complexity index is 1680. The van der Waals surface area contributed by atoms with Crippen LogP contribution in [0.5, 0.6) is 0 Å². The van der Waals surface area contributed by atoms with E-state index in [9.17, 15) is 9.59 Å². The highest BCUT2D eigenvalue weighted by molar-refractivity contribution is 7.99. The minimum absolute atomic E-state index is 0.227. The fourth-order valence-corrected chi connectivity index (χ4v) is 6.20. The van der Waals surface area contributed by atoms with Gasteiger partial charge in [-0.25, -0.2) is 9.79 Å². The van der Waals surface area contributed by atoms with Crippen molar-refractivity contribution in [2.75, 3.05) is 6.61 Å². The standard InChI is InChI=1S/C30H28N2O4S2/c1-5-35-29(34)26-19(4)31-30-32(27(26)21-13-11-20(12-14-21)18(2)3)28(33)24(38-30)17-22-15-16-25(36-22)37-23-9-7-6-8-10-23/h6-18,27H,5H2,1-4H3. The van der Waals surface area contributed by atoms with E-state index in [0.29, 0.717) is 32.3 Å². The normalized spacial score (nSPS) is 15.5. The summed E-state index contributed by atoms with van der Waals surface area (Å²) in [4.78, 5) is 33.1. The number of benzene rings is 2. The quantitative estimate of drug-likeness (QED) is 0.281. The maximum absolute atomic E-state index is 13.8. The first-order chi connectivity index (χ1) is 18.4. The maximum atomic E-state index is 13.8. The highest BCUT2D eigenvalue weighted by Gasteiger charge is 2.33. The molecule has 1 aliphatic rings. The fraction of sp³-hybridized carbons (Fsp3) is 0.233. The number of allylic oxidation sites excluding steroid dienone is 1. The monoisotopic (exact) mass is 544 g/mol. The number of esters is 1. The van der Waals surface area contributed by atoms with Gasteiger partial charge in [-0.2, -0.15) is 0 Å². The summed E-state index contributed by atoms with van der Waals surface area (Å²) < 4.78 is 13.5. The van der Waals surface area contributed by atoms with Crippen molar-refractivity contribution in [3.63, 3.8) is 0 Å². The Kier molecular flexibility index (Phi) is 7.53. The molecule has 8 heteroatoms. The van der Waals surface area contributed by atoms with Crippen molar-refractivity contribution in [3.05, 3.63) is 115 Å². The smallest absolute Gasteiger partial charge is 0.338 e. The summed E-state index contributed by atoms with van der Waals surface area (Å²) in [5.41, 5.74) is 2.71. The molecule has 2 aromatic carbocycles. The van der Waals surface area contributed by atoms with Crippen LogP contribution in [0.1, 0.15) is 56.5 Å². The summed E-state index contributed by atoms with van der Waals surface area (Å²) in [6.07, 6.45) is 1.74. The van der Waals surface area contributed by atoms with E-state index in [4.69, 9.17) is 9.15 Å². The second-order valence-corrected chi connectivity index (χ2v) is 11.3. The Balaban J connectivity index is 1.58. The first-order valence-corrected chi connectivity index (χ1v) is 14.1. The van der Waals surface area contributed by atoms with Crippen molar-refractivity contribution in [2.45, 2.75) is 49.6 Å². The number of ether oxygens (including phenoxy) is 1. The number of nitrogens with zero attached hydrogens (tertiary/aromatic N) is 2. The molecule has 0 N–H and O–H groups in total. The van der Waals surface area contributed by atoms with Crippen LogP contribution in [0.25, 0.3) is 6.08 Å². The maximum Gasteiger partial charge on any atom is 0.338 e. The summed E-state index contributed by atoms with van der Waals surface area (Å²) in [5, 5.41) is 0.735. The molecular weight excluding hydrogens is 516 g/mol. The van der Waals surface area contributed by atoms with Crippen LogP contribution >= 0.6 is 23.1 Å². The molecule has 194 valence electrons. The number of furan rings is 1. The lowest BCUT2D eigenvalue weighted by atomic mass is 9.93. The lowest BCUT2D eigenvalue weighted by Crippen LogP contribution is -2.39. The van der Waals surface area contributed by atoms with Crippen molar-refractivity contribution in [1.82, 2.24) is 4.57 Å². The predicted molar refractivity (Wildman–Crippen MR) is 150 cm³/mol. The highest BCUT2D eigenvalue weighted by atomic mass is 32.2. The van der Waals surface area contributed by atoms with Crippen molar-refractivity contribution >= 4 is 35.1 Å². The highest BCUT2D eigenvalue weighted by Crippen LogP contribution is 2.32. The number of fused-ring (bicyclic) bond motifs is 1. The molecule has 38 heavy (non-hydrogen) atoms. The zero-order valence-electron chi connectivity index (χ0n) is 21.6. The Morgan fingerprint density at radius 3 is 2.55 bits per heavy atom. The molecule has 0 aliphatic carbocycles. The van der Waals surface area contributed by atoms with E-state index in [-0.39, 0.29) is 12.2 Å². The van der Waals surface area contributed by atoms with Gasteiger partial charge in [0, 0.05) is 11.0 Å². The van der Waals surface area contributed by atoms with Gasteiger partial charge in [0.25, 0.3) is 5.56 Å². The van der Waals surface area contributed by atoms with Gasteiger partial charge in [-0.05, 0) is 55.2 Å². The lowest BCUT2D eigenvalue weighted by Gasteiger charge is -2.25. The zero-order chi connectivity index (χ0) is 26.8. The molecule has 1 unspecified atom stereocenters. The molecule has 6 nitrogen and oxygen atoms in total. The van der Waals surface area contributed by atoms with Crippen molar-refractivity contribution in [3.8, 4) is 0 Å². The first kappa shape index (κ1) is 26.0. The molecule has 1 atom stereocenters. The van der Waals surface area contributed by atoms with Gasteiger partial charge in [0.2, 0.25) is 0 Å². The number of rotatable bonds is 7. The third-order valence-corrected chi connectivity index (χ3v) is 8.18. The molecule has 0 bridgehead atoms. The second kappa shape index (κ2) is 11.0. The van der Waals surface area contributed by atoms with E-state index in [2.05, 4.69) is 18.8 Å². The number of carbonyl (C=O) groups is 1. The minimum atomic E-state index is -0.630. The zero-order valence-corrected chi connectivity index (χ0v) is 23.3. The van der Waals surface area contributed by atoms with Gasteiger partial charge in [-0.3, -0.25) is 9.36 Å². The fourth-order valence-electron chi connectivity index (χ4n) is 4.37. The van der Waals surface area contributed by atoms with E-state index in [1.54, 1.807) is 24.5 Å². The third kappa shape index (κ3) is 5.19. The summed E-state index contributed by atoms with van der Waals surface area (Å²) in [6.45, 7) is 8.05. The summed E-state index contributed by atoms with van der Waals surface area (Å²) >= 11 is 2.80. The van der Waals surface area contributed by atoms with Gasteiger partial charge in [0.1, 0.15) is 5.76 Å². The van der Waals surface area contributed by atoms with Crippen LogP contribution in [0.4, 0.5) is 0 Å². The summed E-state index contributed by atoms with van der Waals surface area (Å²) in [7, 11) is 0. The molecule has 2 aromatic heterocycles. The van der Waals surface area contributed by atoms with Crippen LogP contribution in [-0.4, -0.2) is 17.1 Å². The van der Waals surface area contributed by atoms with Gasteiger partial charge in [-0.1, -0.05) is 79.4 Å². The molecule has 0 saturated carbocycles. The molecule has 1 aliphatic heterocycles. The summed E-state index contributed by atoms with van der Waals surface area (Å²) in [6, 6.07) is 21.1. The van der Waals surface area contributed by atoms with E-state index < -0.39 is 12.0 Å². The number of hydrogen-bond donors (Lipinski definition) is 0. The third-order valence-electron chi connectivity index (χ3n) is 6.27. The molecule has 0 amide bonds. The number of aromatic nitrogens is 1. The van der Waals surface area contributed by atoms with Crippen LogP contribution in [0.2, 0.25) is 0 Å². The van der Waals surface area contributed by atoms with E-state index >= 15 is 0 Å². The second-order valence-electron chi connectivity index (χ2n) is 9.20. The van der Waals surface area contributed by atoms with E-state index in [1.165, 1.54) is 28.7 Å². The van der Waals surface area contributed by atoms with Crippen LogP contribution < -0.4 is 14.9 Å². The Morgan fingerprint density at radius 1 is 1.13 bits per heavy atom. The summed E-state index contributed by atoms with van der Waals surface area (Å²) in [5.74, 6) is 0.480. The topological polar surface area (TPSA) is 73.8 Å². The molecule has 5 rings (SSSR count). The molecule has 4 aromatic rings. The van der Waals surface area contributed by atoms with E-state index in [1.807, 2.05) is 66.7 Å². The minimum Gasteiger partial charge on any atom is -0.463 e. The van der Waals surface area contributed by atoms with Gasteiger partial charge >= 0.3 is 5.97 Å². The van der Waals surface area contributed by atoms with Crippen molar-refractivity contribution in [2.24, 2.45) is 4.99 Å². The van der Waals surface area contributed by atoms with Crippen molar-refractivity contribution in [1.29, 1.82) is 0 Å². The Labute approximate surface area is 229 Å². The van der Waals surface area contributed by atoms with Crippen LogP contribution in [-0.2, 0) is 9.53 Å². The van der Waals surface area contributed by atoms with Gasteiger partial charge in [0.15, 0.2) is 9.89 Å². The number of hydrogen-bond acceptors (Lipinski definition) is 7. The van der Waals surface area contributed by atoms with Crippen LogP contribution in [0, 0.1) is 0 Å². The number of thiazole rings is 1. The van der Waals surface area contributed by atoms with Gasteiger partial charge in [0.05, 0.1) is 28.5 Å². The first-order valence-electron chi connectivity index (χ1n) is 12.5. The lowest BCUT2D eigenvalue weighted by molar-refractivity contribution is -0.139. The molecule has 0 spiro atoms. The predicted octanol–water partition coefficient (Wildman–Crippen LogP) is 5.67. The molecule has 0 fully saturated rings. The van der Waals surface area contributed by atoms with Gasteiger partial charge in [-0.15, -0.1) is 0 Å². The van der Waals surface area contributed by atoms with Crippen molar-refractivity contribution < 1.29 is 13.9 Å². The van der Waals surface area contributed by atoms with Crippen LogP contribution in [0.3, 0.4) is 0 Å². The molecule has 0 radical (unpaired) electrons.